The Morgan fingerprint density at radius 2 is 2.04 bits per heavy atom. The van der Waals surface area contributed by atoms with Crippen molar-refractivity contribution in [3.63, 3.8) is 0 Å². The zero-order valence-corrected chi connectivity index (χ0v) is 14.4. The van der Waals surface area contributed by atoms with Crippen molar-refractivity contribution >= 4 is 21.6 Å². The Morgan fingerprint density at radius 1 is 1.30 bits per heavy atom. The number of carbonyl (C=O) groups is 1. The summed E-state index contributed by atoms with van der Waals surface area (Å²) in [5, 5.41) is 2.81. The number of methoxy groups -OCH3 is 2. The number of anilines is 1. The number of hydrogen-bond donors (Lipinski definition) is 1. The number of rotatable bonds is 5. The highest BCUT2D eigenvalue weighted by Gasteiger charge is 2.30. The third kappa shape index (κ3) is 4.35. The minimum atomic E-state index is -3.27. The van der Waals surface area contributed by atoms with Crippen molar-refractivity contribution in [1.29, 1.82) is 0 Å². The molecule has 1 aliphatic heterocycles. The van der Waals surface area contributed by atoms with Crippen LogP contribution in [0.15, 0.2) is 18.2 Å². The zero-order chi connectivity index (χ0) is 17.0. The first-order valence-corrected chi connectivity index (χ1v) is 9.18. The van der Waals surface area contributed by atoms with Crippen LogP contribution in [0.5, 0.6) is 11.5 Å². The second-order valence-corrected chi connectivity index (χ2v) is 7.50. The molecular formula is C15H22N2O5S. The minimum Gasteiger partial charge on any atom is -0.497 e. The molecule has 1 aromatic rings. The molecule has 0 aliphatic carbocycles. The van der Waals surface area contributed by atoms with Gasteiger partial charge in [0.25, 0.3) is 0 Å². The summed E-state index contributed by atoms with van der Waals surface area (Å²) in [7, 11) is -0.214. The lowest BCUT2D eigenvalue weighted by molar-refractivity contribution is -0.120. The van der Waals surface area contributed by atoms with E-state index in [9.17, 15) is 13.2 Å². The molecule has 7 nitrogen and oxygen atoms in total. The fraction of sp³-hybridized carbons (Fsp3) is 0.533. The van der Waals surface area contributed by atoms with Crippen molar-refractivity contribution in [2.45, 2.75) is 12.8 Å². The second kappa shape index (κ2) is 7.18. The molecule has 128 valence electrons. The van der Waals surface area contributed by atoms with Gasteiger partial charge in [0.15, 0.2) is 0 Å². The van der Waals surface area contributed by atoms with Crippen LogP contribution < -0.4 is 14.8 Å². The number of benzene rings is 1. The molecule has 1 aliphatic rings. The average molecular weight is 342 g/mol. The van der Waals surface area contributed by atoms with E-state index < -0.39 is 10.0 Å². The normalized spacial score (nSPS) is 19.2. The average Bonchev–Trinajstić information content (AvgIpc) is 2.54. The summed E-state index contributed by atoms with van der Waals surface area (Å²) in [5.41, 5.74) is 0.537. The molecule has 23 heavy (non-hydrogen) atoms. The van der Waals surface area contributed by atoms with Crippen molar-refractivity contribution in [3.05, 3.63) is 18.2 Å². The molecule has 1 aromatic carbocycles. The van der Waals surface area contributed by atoms with E-state index in [0.29, 0.717) is 36.6 Å². The predicted molar refractivity (Wildman–Crippen MR) is 87.3 cm³/mol. The quantitative estimate of drug-likeness (QED) is 0.872. The van der Waals surface area contributed by atoms with Crippen LogP contribution in [0.3, 0.4) is 0 Å². The van der Waals surface area contributed by atoms with Gasteiger partial charge in [0.1, 0.15) is 11.5 Å². The number of sulfonamides is 1. The van der Waals surface area contributed by atoms with E-state index in [1.54, 1.807) is 25.3 Å². The van der Waals surface area contributed by atoms with Crippen LogP contribution in [0, 0.1) is 5.92 Å². The Morgan fingerprint density at radius 3 is 2.65 bits per heavy atom. The van der Waals surface area contributed by atoms with Crippen molar-refractivity contribution < 1.29 is 22.7 Å². The van der Waals surface area contributed by atoms with Gasteiger partial charge in [-0.1, -0.05) is 0 Å². The number of ether oxygens (including phenoxy) is 2. The smallest absolute Gasteiger partial charge is 0.228 e. The molecule has 1 amide bonds. The molecule has 0 bridgehead atoms. The molecule has 0 unspecified atom stereocenters. The minimum absolute atomic E-state index is 0.207. The third-order valence-electron chi connectivity index (χ3n) is 3.89. The number of hydrogen-bond acceptors (Lipinski definition) is 5. The van der Waals surface area contributed by atoms with Crippen molar-refractivity contribution in [2.75, 3.05) is 38.9 Å². The number of nitrogens with one attached hydrogen (secondary N) is 1. The third-order valence-corrected chi connectivity index (χ3v) is 5.16. The van der Waals surface area contributed by atoms with E-state index in [4.69, 9.17) is 9.47 Å². The van der Waals surface area contributed by atoms with Crippen LogP contribution >= 0.6 is 0 Å². The maximum Gasteiger partial charge on any atom is 0.228 e. The standard InChI is InChI=1S/C15H22N2O5S/c1-21-12-6-7-13(14(9-12)22-2)16-15(18)11-5-4-8-17(10-11)23(3,19)20/h6-7,9,11H,4-5,8,10H2,1-3H3,(H,16,18)/t11-/m1/s1. The summed E-state index contributed by atoms with van der Waals surface area (Å²) in [4.78, 5) is 12.4. The van der Waals surface area contributed by atoms with Gasteiger partial charge in [-0.15, -0.1) is 0 Å². The largest absolute Gasteiger partial charge is 0.497 e. The maximum absolute atomic E-state index is 12.4. The van der Waals surface area contributed by atoms with Gasteiger partial charge in [-0.25, -0.2) is 12.7 Å². The molecule has 1 heterocycles. The van der Waals surface area contributed by atoms with Crippen molar-refractivity contribution in [2.24, 2.45) is 5.92 Å². The number of nitrogens with zero attached hydrogens (tertiary/aromatic N) is 1. The molecule has 0 spiro atoms. The summed E-state index contributed by atoms with van der Waals surface area (Å²) in [6.07, 6.45) is 2.50. The highest BCUT2D eigenvalue weighted by Crippen LogP contribution is 2.30. The molecule has 1 fully saturated rings. The Bertz CT molecular complexity index is 674. The van der Waals surface area contributed by atoms with Crippen molar-refractivity contribution in [3.8, 4) is 11.5 Å². The van der Waals surface area contributed by atoms with Crippen LogP contribution in [0.25, 0.3) is 0 Å². The molecule has 0 saturated carbocycles. The summed E-state index contributed by atoms with van der Waals surface area (Å²) in [6.45, 7) is 0.678. The van der Waals surface area contributed by atoms with Crippen LogP contribution in [0.1, 0.15) is 12.8 Å². The summed E-state index contributed by atoms with van der Waals surface area (Å²) in [5.74, 6) is 0.543. The molecule has 1 saturated heterocycles. The molecule has 8 heteroatoms. The molecule has 2 rings (SSSR count). The first-order chi connectivity index (χ1) is 10.8. The van der Waals surface area contributed by atoms with Gasteiger partial charge in [0, 0.05) is 19.2 Å². The monoisotopic (exact) mass is 342 g/mol. The Balaban J connectivity index is 2.10. The number of carbonyl (C=O) groups excluding carboxylic acids is 1. The van der Waals surface area contributed by atoms with Crippen LogP contribution in [0.2, 0.25) is 0 Å². The predicted octanol–water partition coefficient (Wildman–Crippen LogP) is 1.31. The van der Waals surface area contributed by atoms with Crippen LogP contribution in [-0.2, 0) is 14.8 Å². The van der Waals surface area contributed by atoms with E-state index in [-0.39, 0.29) is 18.4 Å². The summed E-state index contributed by atoms with van der Waals surface area (Å²) >= 11 is 0. The number of amides is 1. The van der Waals surface area contributed by atoms with Gasteiger partial charge in [0.2, 0.25) is 15.9 Å². The summed E-state index contributed by atoms with van der Waals surface area (Å²) in [6, 6.07) is 5.10. The zero-order valence-electron chi connectivity index (χ0n) is 13.5. The Kier molecular flexibility index (Phi) is 5.48. The van der Waals surface area contributed by atoms with Gasteiger partial charge < -0.3 is 14.8 Å². The van der Waals surface area contributed by atoms with Gasteiger partial charge in [-0.2, -0.15) is 0 Å². The molecule has 0 aromatic heterocycles. The van der Waals surface area contributed by atoms with Crippen molar-refractivity contribution in [1.82, 2.24) is 4.31 Å². The second-order valence-electron chi connectivity index (χ2n) is 5.52. The fourth-order valence-corrected chi connectivity index (χ4v) is 3.51. The lowest BCUT2D eigenvalue weighted by Crippen LogP contribution is -2.43. The van der Waals surface area contributed by atoms with Gasteiger partial charge >= 0.3 is 0 Å². The maximum atomic E-state index is 12.4. The van der Waals surface area contributed by atoms with Crippen LogP contribution in [-0.4, -0.2) is 52.2 Å². The highest BCUT2D eigenvalue weighted by molar-refractivity contribution is 7.88. The molecule has 1 atom stereocenters. The molecular weight excluding hydrogens is 320 g/mol. The first kappa shape index (κ1) is 17.6. The Hall–Kier alpha value is -1.80. The topological polar surface area (TPSA) is 84.9 Å². The SMILES string of the molecule is COc1ccc(NC(=O)[C@@H]2CCCN(S(C)(=O)=O)C2)c(OC)c1. The lowest BCUT2D eigenvalue weighted by atomic mass is 9.98. The molecule has 1 N–H and O–H groups in total. The summed E-state index contributed by atoms with van der Waals surface area (Å²) < 4.78 is 35.0. The van der Waals surface area contributed by atoms with Gasteiger partial charge in [0.05, 0.1) is 32.1 Å². The number of piperidine rings is 1. The van der Waals surface area contributed by atoms with E-state index >= 15 is 0 Å². The first-order valence-electron chi connectivity index (χ1n) is 7.33. The highest BCUT2D eigenvalue weighted by atomic mass is 32.2. The Labute approximate surface area is 136 Å². The van der Waals surface area contributed by atoms with Crippen LogP contribution in [0.4, 0.5) is 5.69 Å². The lowest BCUT2D eigenvalue weighted by Gasteiger charge is -2.30. The van der Waals surface area contributed by atoms with E-state index in [1.807, 2.05) is 0 Å². The van der Waals surface area contributed by atoms with Gasteiger partial charge in [-0.3, -0.25) is 4.79 Å². The van der Waals surface area contributed by atoms with Gasteiger partial charge in [-0.05, 0) is 25.0 Å². The van der Waals surface area contributed by atoms with E-state index in [2.05, 4.69) is 5.32 Å². The van der Waals surface area contributed by atoms with E-state index in [1.165, 1.54) is 17.7 Å². The fourth-order valence-electron chi connectivity index (χ4n) is 2.59. The van der Waals surface area contributed by atoms with E-state index in [0.717, 1.165) is 0 Å². The molecule has 0 radical (unpaired) electrons.